The second-order valence-corrected chi connectivity index (χ2v) is 18.0. The van der Waals surface area contributed by atoms with Gasteiger partial charge in [0, 0.05) is 55.7 Å². The first-order valence-corrected chi connectivity index (χ1v) is 23.8. The molecule has 2 heterocycles. The Morgan fingerprint density at radius 2 is 0.986 bits per heavy atom. The van der Waals surface area contributed by atoms with Gasteiger partial charge in [0.2, 0.25) is 0 Å². The average molecular weight is 883 g/mol. The maximum atomic E-state index is 6.61. The van der Waals surface area contributed by atoms with Crippen molar-refractivity contribution in [3.8, 4) is 39.1 Å². The lowest BCUT2D eigenvalue weighted by Gasteiger charge is -2.29. The molecule has 11 aromatic carbocycles. The van der Waals surface area contributed by atoms with Crippen LogP contribution in [0.2, 0.25) is 0 Å². The standard InChI is InChI=1S/C66H46N2O/c1-44(52-33-18-37-58-56-31-10-13-41-63(56)69-66(52)58)47-24-14-28-50(42-47)67(60-38-11-8-30-55(60)57-36-17-23-46-22-16-34-53(64(46)57)45-20-4-2-5-21-45)51-29-15-25-48(43-51)54-35-19-40-62-65(54)59-32-9-12-39-61(59)68(62)49-26-6-3-7-27-49/h2-44H,1H3/t44-/m0/s1. The molecule has 2 aromatic heterocycles. The molecule has 0 fully saturated rings. The van der Waals surface area contributed by atoms with E-state index in [4.69, 9.17) is 4.42 Å². The Hall–Kier alpha value is -8.92. The molecule has 0 amide bonds. The third-order valence-corrected chi connectivity index (χ3v) is 14.1. The van der Waals surface area contributed by atoms with Crippen LogP contribution < -0.4 is 4.90 Å². The third kappa shape index (κ3) is 6.81. The van der Waals surface area contributed by atoms with Crippen LogP contribution in [0, 0.1) is 0 Å². The molecule has 3 heteroatoms. The van der Waals surface area contributed by atoms with Crippen LogP contribution in [-0.4, -0.2) is 4.57 Å². The Kier molecular flexibility index (Phi) is 9.80. The maximum absolute atomic E-state index is 6.61. The van der Waals surface area contributed by atoms with Gasteiger partial charge in [-0.05, 0) is 105 Å². The number of fused-ring (bicyclic) bond motifs is 7. The predicted molar refractivity (Wildman–Crippen MR) is 291 cm³/mol. The predicted octanol–water partition coefficient (Wildman–Crippen LogP) is 18.5. The molecular weight excluding hydrogens is 837 g/mol. The molecule has 0 unspecified atom stereocenters. The quantitative estimate of drug-likeness (QED) is 0.144. The van der Waals surface area contributed by atoms with E-state index in [9.17, 15) is 0 Å². The van der Waals surface area contributed by atoms with E-state index in [0.717, 1.165) is 55.8 Å². The van der Waals surface area contributed by atoms with Crippen molar-refractivity contribution in [2.45, 2.75) is 12.8 Å². The van der Waals surface area contributed by atoms with E-state index >= 15 is 0 Å². The van der Waals surface area contributed by atoms with Gasteiger partial charge in [-0.25, -0.2) is 0 Å². The molecule has 0 spiro atoms. The van der Waals surface area contributed by atoms with Gasteiger partial charge in [-0.3, -0.25) is 0 Å². The zero-order valence-corrected chi connectivity index (χ0v) is 38.1. The number of rotatable bonds is 9. The van der Waals surface area contributed by atoms with Crippen molar-refractivity contribution in [3.05, 3.63) is 266 Å². The van der Waals surface area contributed by atoms with Crippen LogP contribution in [0.3, 0.4) is 0 Å². The Morgan fingerprint density at radius 1 is 0.406 bits per heavy atom. The molecule has 0 bridgehead atoms. The Bertz CT molecular complexity index is 4040. The normalized spacial score (nSPS) is 12.1. The molecule has 0 aliphatic carbocycles. The summed E-state index contributed by atoms with van der Waals surface area (Å²) in [6.07, 6.45) is 0. The number of hydrogen-bond donors (Lipinski definition) is 0. The minimum absolute atomic E-state index is 0.0451. The van der Waals surface area contributed by atoms with Crippen LogP contribution in [0.4, 0.5) is 17.1 Å². The second-order valence-electron chi connectivity index (χ2n) is 18.0. The molecular formula is C66H46N2O. The molecule has 3 nitrogen and oxygen atoms in total. The highest BCUT2D eigenvalue weighted by Gasteiger charge is 2.24. The van der Waals surface area contributed by atoms with E-state index in [1.54, 1.807) is 0 Å². The van der Waals surface area contributed by atoms with Gasteiger partial charge in [0.05, 0.1) is 16.7 Å². The monoisotopic (exact) mass is 882 g/mol. The van der Waals surface area contributed by atoms with Crippen LogP contribution in [0.1, 0.15) is 24.0 Å². The summed E-state index contributed by atoms with van der Waals surface area (Å²) in [5.74, 6) is 0.0451. The van der Waals surface area contributed by atoms with Crippen LogP contribution in [0.5, 0.6) is 0 Å². The van der Waals surface area contributed by atoms with Crippen molar-refractivity contribution in [1.29, 1.82) is 0 Å². The number of anilines is 3. The maximum Gasteiger partial charge on any atom is 0.139 e. The summed E-state index contributed by atoms with van der Waals surface area (Å²) in [5.41, 5.74) is 18.0. The van der Waals surface area contributed by atoms with Crippen molar-refractivity contribution in [3.63, 3.8) is 0 Å². The van der Waals surface area contributed by atoms with Gasteiger partial charge in [0.15, 0.2) is 0 Å². The highest BCUT2D eigenvalue weighted by molar-refractivity contribution is 6.16. The van der Waals surface area contributed by atoms with Crippen LogP contribution in [0.15, 0.2) is 259 Å². The number of aromatic nitrogens is 1. The molecule has 0 radical (unpaired) electrons. The van der Waals surface area contributed by atoms with Crippen molar-refractivity contribution in [2.24, 2.45) is 0 Å². The third-order valence-electron chi connectivity index (χ3n) is 14.1. The van der Waals surface area contributed by atoms with Gasteiger partial charge in [0.25, 0.3) is 0 Å². The zero-order valence-electron chi connectivity index (χ0n) is 38.1. The Balaban J connectivity index is 1.03. The molecule has 0 aliphatic rings. The molecule has 0 N–H and O–H groups in total. The fourth-order valence-corrected chi connectivity index (χ4v) is 10.9. The average Bonchev–Trinajstić information content (AvgIpc) is 3.98. The summed E-state index contributed by atoms with van der Waals surface area (Å²) in [5, 5.41) is 7.19. The summed E-state index contributed by atoms with van der Waals surface area (Å²) >= 11 is 0. The lowest BCUT2D eigenvalue weighted by atomic mass is 9.90. The second kappa shape index (κ2) is 16.7. The molecule has 13 aromatic rings. The van der Waals surface area contributed by atoms with E-state index in [0.29, 0.717) is 0 Å². The van der Waals surface area contributed by atoms with Gasteiger partial charge in [0.1, 0.15) is 11.2 Å². The van der Waals surface area contributed by atoms with Gasteiger partial charge < -0.3 is 13.9 Å². The first kappa shape index (κ1) is 40.4. The van der Waals surface area contributed by atoms with E-state index < -0.39 is 0 Å². The fourth-order valence-electron chi connectivity index (χ4n) is 10.9. The van der Waals surface area contributed by atoms with Crippen molar-refractivity contribution < 1.29 is 4.42 Å². The highest BCUT2D eigenvalue weighted by Crippen LogP contribution is 2.47. The number of para-hydroxylation sites is 5. The first-order chi connectivity index (χ1) is 34.2. The molecule has 0 saturated heterocycles. The van der Waals surface area contributed by atoms with Crippen molar-refractivity contribution >= 4 is 71.6 Å². The number of furan rings is 1. The van der Waals surface area contributed by atoms with Gasteiger partial charge in [-0.1, -0.05) is 201 Å². The van der Waals surface area contributed by atoms with Gasteiger partial charge in [-0.2, -0.15) is 0 Å². The number of benzene rings is 11. The number of hydrogen-bond acceptors (Lipinski definition) is 2. The molecule has 0 aliphatic heterocycles. The van der Waals surface area contributed by atoms with E-state index in [1.165, 1.54) is 66.0 Å². The lowest BCUT2D eigenvalue weighted by molar-refractivity contribution is 0.659. The van der Waals surface area contributed by atoms with Gasteiger partial charge >= 0.3 is 0 Å². The SMILES string of the molecule is C[C@@H](c1cccc(N(c2cccc(-c3cccc4c3c3ccccc3n4-c3ccccc3)c2)c2ccccc2-c2cccc3cccc(-c4ccccc4)c23)c1)c1cccc2c1oc1ccccc12. The fraction of sp³-hybridized carbons (Fsp3) is 0.0303. The molecule has 13 rings (SSSR count). The summed E-state index contributed by atoms with van der Waals surface area (Å²) in [4.78, 5) is 2.47. The lowest BCUT2D eigenvalue weighted by Crippen LogP contribution is -2.12. The highest BCUT2D eigenvalue weighted by atomic mass is 16.3. The summed E-state index contributed by atoms with van der Waals surface area (Å²) in [6, 6.07) is 92.5. The molecule has 0 saturated carbocycles. The van der Waals surface area contributed by atoms with Crippen LogP contribution in [-0.2, 0) is 0 Å². The molecule has 326 valence electrons. The minimum Gasteiger partial charge on any atom is -0.456 e. The van der Waals surface area contributed by atoms with Crippen LogP contribution in [0.25, 0.3) is 93.6 Å². The van der Waals surface area contributed by atoms with Crippen LogP contribution >= 0.6 is 0 Å². The van der Waals surface area contributed by atoms with E-state index in [1.807, 2.05) is 6.07 Å². The molecule has 1 atom stereocenters. The Labute approximate surface area is 401 Å². The van der Waals surface area contributed by atoms with Crippen molar-refractivity contribution in [1.82, 2.24) is 4.57 Å². The summed E-state index contributed by atoms with van der Waals surface area (Å²) in [7, 11) is 0. The topological polar surface area (TPSA) is 21.3 Å². The molecule has 69 heavy (non-hydrogen) atoms. The van der Waals surface area contributed by atoms with Gasteiger partial charge in [-0.15, -0.1) is 0 Å². The summed E-state index contributed by atoms with van der Waals surface area (Å²) in [6.45, 7) is 2.30. The zero-order chi connectivity index (χ0) is 45.8. The summed E-state index contributed by atoms with van der Waals surface area (Å²) < 4.78 is 9.01. The largest absolute Gasteiger partial charge is 0.456 e. The first-order valence-electron chi connectivity index (χ1n) is 23.8. The Morgan fingerprint density at radius 3 is 1.83 bits per heavy atom. The smallest absolute Gasteiger partial charge is 0.139 e. The van der Waals surface area contributed by atoms with Crippen molar-refractivity contribution in [2.75, 3.05) is 4.90 Å². The minimum atomic E-state index is 0.0451. The van der Waals surface area contributed by atoms with E-state index in [-0.39, 0.29) is 5.92 Å². The van der Waals surface area contributed by atoms with E-state index in [2.05, 4.69) is 265 Å². The number of nitrogens with zero attached hydrogens (tertiary/aromatic N) is 2.